The van der Waals surface area contributed by atoms with Gasteiger partial charge in [0.1, 0.15) is 0 Å². The molecule has 0 aliphatic carbocycles. The summed E-state index contributed by atoms with van der Waals surface area (Å²) in [5.41, 5.74) is 3.12. The van der Waals surface area contributed by atoms with Crippen molar-refractivity contribution in [3.63, 3.8) is 0 Å². The highest BCUT2D eigenvalue weighted by molar-refractivity contribution is 6.59. The number of benzene rings is 1. The second-order valence-corrected chi connectivity index (χ2v) is 8.45. The Morgan fingerprint density at radius 1 is 1.06 bits per heavy atom. The van der Waals surface area contributed by atoms with Gasteiger partial charge in [-0.1, -0.05) is 46.9 Å². The maximum absolute atomic E-state index is 2.50. The molecule has 1 nitrogen and oxygen atoms in total. The topological polar surface area (TPSA) is 3.24 Å². The van der Waals surface area contributed by atoms with E-state index in [9.17, 15) is 0 Å². The number of rotatable bonds is 5. The van der Waals surface area contributed by atoms with Crippen molar-refractivity contribution in [3.05, 3.63) is 29.8 Å². The van der Waals surface area contributed by atoms with Crippen LogP contribution in [-0.2, 0) is 5.28 Å². The molecular formula is C15H24AlN. The standard InChI is InChI=1S/C11H16N.C4H8.Al/c1-4-12(5-2)11-9-7-6-8-10(11)3;1-3-4-2;/h6-9H,3-5H2,1-2H3;1-4H2;. The van der Waals surface area contributed by atoms with E-state index in [0.717, 1.165) is 13.1 Å². The molecule has 0 radical (unpaired) electrons. The number of hydrogen-bond acceptors (Lipinski definition) is 1. The van der Waals surface area contributed by atoms with Crippen LogP contribution in [0.2, 0.25) is 10.6 Å². The Labute approximate surface area is 110 Å². The lowest BCUT2D eigenvalue weighted by Gasteiger charge is -2.24. The third-order valence-corrected chi connectivity index (χ3v) is 7.55. The normalized spacial score (nSPS) is 15.3. The predicted octanol–water partition coefficient (Wildman–Crippen LogP) is 3.90. The SMILES string of the molecule is CCN(CC)c1ccccc1[CH2][Al]1[CH2]CC[CH2]1. The van der Waals surface area contributed by atoms with Crippen molar-refractivity contribution in [2.75, 3.05) is 18.0 Å². The molecule has 0 saturated carbocycles. The first-order chi connectivity index (χ1) is 8.35. The number of hydrogen-bond donors (Lipinski definition) is 0. The van der Waals surface area contributed by atoms with Crippen LogP contribution in [0, 0.1) is 0 Å². The number of nitrogens with zero attached hydrogens (tertiary/aromatic N) is 1. The van der Waals surface area contributed by atoms with Gasteiger partial charge >= 0.3 is 0 Å². The maximum atomic E-state index is 2.50. The van der Waals surface area contributed by atoms with Gasteiger partial charge in [0.2, 0.25) is 0 Å². The van der Waals surface area contributed by atoms with Crippen molar-refractivity contribution in [2.24, 2.45) is 0 Å². The minimum absolute atomic E-state index is 0.426. The molecule has 0 aromatic heterocycles. The molecule has 1 aliphatic heterocycles. The molecule has 1 aromatic rings. The summed E-state index contributed by atoms with van der Waals surface area (Å²) >= 11 is -0.426. The van der Waals surface area contributed by atoms with Gasteiger partial charge in [0.15, 0.2) is 0 Å². The first kappa shape index (κ1) is 13.0. The Kier molecular flexibility index (Phi) is 4.95. The van der Waals surface area contributed by atoms with Crippen LogP contribution in [0.5, 0.6) is 0 Å². The van der Waals surface area contributed by atoms with E-state index in [1.807, 2.05) is 0 Å². The van der Waals surface area contributed by atoms with Crippen LogP contribution in [0.3, 0.4) is 0 Å². The van der Waals surface area contributed by atoms with Crippen molar-refractivity contribution in [1.29, 1.82) is 0 Å². The van der Waals surface area contributed by atoms with Gasteiger partial charge < -0.3 is 4.90 Å². The van der Waals surface area contributed by atoms with E-state index in [1.54, 1.807) is 16.1 Å². The van der Waals surface area contributed by atoms with Gasteiger partial charge in [-0.05, 0) is 25.5 Å². The highest BCUT2D eigenvalue weighted by Crippen LogP contribution is 2.27. The Hall–Kier alpha value is -0.448. The van der Waals surface area contributed by atoms with Crippen molar-refractivity contribution >= 4 is 19.8 Å². The van der Waals surface area contributed by atoms with E-state index in [1.165, 1.54) is 23.8 Å². The molecule has 0 atom stereocenters. The largest absolute Gasteiger partial charge is 0.372 e. The molecule has 0 bridgehead atoms. The highest BCUT2D eigenvalue weighted by Gasteiger charge is 2.23. The fourth-order valence-electron chi connectivity index (χ4n) is 3.08. The summed E-state index contributed by atoms with van der Waals surface area (Å²) in [6.45, 7) is 6.76. The fraction of sp³-hybridized carbons (Fsp3) is 0.600. The van der Waals surface area contributed by atoms with E-state index in [0.29, 0.717) is 0 Å². The molecule has 17 heavy (non-hydrogen) atoms. The number of para-hydroxylation sites is 1. The summed E-state index contributed by atoms with van der Waals surface area (Å²) < 4.78 is 0. The summed E-state index contributed by atoms with van der Waals surface area (Å²) in [7, 11) is 0. The van der Waals surface area contributed by atoms with Gasteiger partial charge in [-0.15, -0.1) is 0 Å². The minimum atomic E-state index is -0.426. The number of anilines is 1. The molecule has 1 saturated heterocycles. The van der Waals surface area contributed by atoms with Crippen molar-refractivity contribution in [2.45, 2.75) is 42.5 Å². The van der Waals surface area contributed by atoms with Crippen molar-refractivity contribution in [1.82, 2.24) is 0 Å². The Balaban J connectivity index is 2.14. The molecule has 2 heteroatoms. The van der Waals surface area contributed by atoms with Gasteiger partial charge in [-0.3, -0.25) is 0 Å². The smallest absolute Gasteiger partial charge is 0.267 e. The van der Waals surface area contributed by atoms with Gasteiger partial charge in [0.25, 0.3) is 14.1 Å². The molecule has 1 aromatic carbocycles. The lowest BCUT2D eigenvalue weighted by Crippen LogP contribution is -2.24. The molecule has 1 aliphatic rings. The third kappa shape index (κ3) is 3.27. The van der Waals surface area contributed by atoms with Crippen molar-refractivity contribution in [3.8, 4) is 0 Å². The molecule has 0 amide bonds. The zero-order valence-corrected chi connectivity index (χ0v) is 12.4. The lowest BCUT2D eigenvalue weighted by molar-refractivity contribution is 0.860. The molecule has 1 heterocycles. The van der Waals surface area contributed by atoms with Crippen LogP contribution in [0.25, 0.3) is 0 Å². The third-order valence-electron chi connectivity index (χ3n) is 4.08. The van der Waals surface area contributed by atoms with E-state index in [4.69, 9.17) is 0 Å². The van der Waals surface area contributed by atoms with Crippen LogP contribution in [0.1, 0.15) is 32.3 Å². The van der Waals surface area contributed by atoms with Crippen LogP contribution in [0.4, 0.5) is 5.69 Å². The van der Waals surface area contributed by atoms with Gasteiger partial charge in [-0.2, -0.15) is 0 Å². The van der Waals surface area contributed by atoms with Crippen LogP contribution >= 0.6 is 0 Å². The molecule has 0 spiro atoms. The van der Waals surface area contributed by atoms with Crippen LogP contribution in [0.15, 0.2) is 24.3 Å². The van der Waals surface area contributed by atoms with E-state index in [-0.39, 0.29) is 0 Å². The fourth-order valence-corrected chi connectivity index (χ4v) is 6.48. The zero-order chi connectivity index (χ0) is 12.1. The second-order valence-electron chi connectivity index (χ2n) is 5.16. The Morgan fingerprint density at radius 2 is 1.71 bits per heavy atom. The maximum Gasteiger partial charge on any atom is 0.267 e. The summed E-state index contributed by atoms with van der Waals surface area (Å²) in [5, 5.41) is 4.58. The van der Waals surface area contributed by atoms with Gasteiger partial charge in [-0.25, -0.2) is 0 Å². The first-order valence-corrected chi connectivity index (χ1v) is 9.63. The summed E-state index contributed by atoms with van der Waals surface area (Å²) in [6.07, 6.45) is 3.01. The van der Waals surface area contributed by atoms with E-state index < -0.39 is 14.1 Å². The van der Waals surface area contributed by atoms with Crippen LogP contribution < -0.4 is 4.90 Å². The van der Waals surface area contributed by atoms with E-state index >= 15 is 0 Å². The zero-order valence-electron chi connectivity index (χ0n) is 11.3. The highest BCUT2D eigenvalue weighted by atomic mass is 27.2. The van der Waals surface area contributed by atoms with E-state index in [2.05, 4.69) is 43.0 Å². The quantitative estimate of drug-likeness (QED) is 0.711. The van der Waals surface area contributed by atoms with Gasteiger partial charge in [0.05, 0.1) is 0 Å². The molecule has 0 N–H and O–H groups in total. The first-order valence-electron chi connectivity index (χ1n) is 7.18. The predicted molar refractivity (Wildman–Crippen MR) is 78.3 cm³/mol. The summed E-state index contributed by atoms with van der Waals surface area (Å²) in [6, 6.07) is 9.07. The monoisotopic (exact) mass is 245 g/mol. The Morgan fingerprint density at radius 3 is 2.35 bits per heavy atom. The molecule has 0 unspecified atom stereocenters. The lowest BCUT2D eigenvalue weighted by atomic mass is 10.2. The second kappa shape index (κ2) is 6.48. The van der Waals surface area contributed by atoms with Crippen LogP contribution in [-0.4, -0.2) is 27.2 Å². The van der Waals surface area contributed by atoms with Crippen molar-refractivity contribution < 1.29 is 0 Å². The molecular weight excluding hydrogens is 221 g/mol. The molecule has 1 fully saturated rings. The molecule has 92 valence electrons. The minimum Gasteiger partial charge on any atom is -0.372 e. The molecule has 2 rings (SSSR count). The Bertz CT molecular complexity index is 341. The average molecular weight is 245 g/mol. The summed E-state index contributed by atoms with van der Waals surface area (Å²) in [5.74, 6) is 0. The summed E-state index contributed by atoms with van der Waals surface area (Å²) in [4.78, 5) is 2.50. The van der Waals surface area contributed by atoms with Gasteiger partial charge in [0, 0.05) is 18.8 Å². The average Bonchev–Trinajstić information content (AvgIpc) is 2.86.